The van der Waals surface area contributed by atoms with Gasteiger partial charge in [-0.25, -0.2) is 4.79 Å². The standard InChI is InChI=1S/C17H16O3/c1-3-20-17(19)16(18)15-11-7-10-14(12(15)2)13-8-5-4-6-9-13/h4-11H,3H2,1-2H3. The van der Waals surface area contributed by atoms with Gasteiger partial charge in [-0.2, -0.15) is 0 Å². The molecule has 102 valence electrons. The lowest BCUT2D eigenvalue weighted by atomic mass is 9.94. The highest BCUT2D eigenvalue weighted by atomic mass is 16.5. The molecule has 0 spiro atoms. The van der Waals surface area contributed by atoms with E-state index in [9.17, 15) is 9.59 Å². The lowest BCUT2D eigenvalue weighted by Gasteiger charge is -2.10. The summed E-state index contributed by atoms with van der Waals surface area (Å²) in [6.45, 7) is 3.72. The van der Waals surface area contributed by atoms with E-state index in [2.05, 4.69) is 0 Å². The Labute approximate surface area is 118 Å². The van der Waals surface area contributed by atoms with Gasteiger partial charge in [-0.05, 0) is 30.5 Å². The van der Waals surface area contributed by atoms with Crippen molar-refractivity contribution in [3.63, 3.8) is 0 Å². The van der Waals surface area contributed by atoms with E-state index in [0.717, 1.165) is 16.7 Å². The number of ketones is 1. The van der Waals surface area contributed by atoms with Gasteiger partial charge in [-0.15, -0.1) is 0 Å². The molecule has 2 aromatic carbocycles. The second kappa shape index (κ2) is 6.15. The van der Waals surface area contributed by atoms with Crippen molar-refractivity contribution < 1.29 is 14.3 Å². The summed E-state index contributed by atoms with van der Waals surface area (Å²) >= 11 is 0. The van der Waals surface area contributed by atoms with Crippen LogP contribution in [0.4, 0.5) is 0 Å². The molecular weight excluding hydrogens is 252 g/mol. The van der Waals surface area contributed by atoms with Gasteiger partial charge in [0.15, 0.2) is 0 Å². The third kappa shape index (κ3) is 2.77. The highest BCUT2D eigenvalue weighted by Crippen LogP contribution is 2.25. The normalized spacial score (nSPS) is 10.1. The Balaban J connectivity index is 2.43. The van der Waals surface area contributed by atoms with Crippen LogP contribution in [0.15, 0.2) is 48.5 Å². The van der Waals surface area contributed by atoms with Gasteiger partial charge < -0.3 is 4.74 Å². The monoisotopic (exact) mass is 268 g/mol. The number of benzene rings is 2. The van der Waals surface area contributed by atoms with Gasteiger partial charge in [-0.3, -0.25) is 4.79 Å². The van der Waals surface area contributed by atoms with Crippen LogP contribution in [0.1, 0.15) is 22.8 Å². The van der Waals surface area contributed by atoms with Crippen LogP contribution >= 0.6 is 0 Å². The third-order valence-corrected chi connectivity index (χ3v) is 3.12. The van der Waals surface area contributed by atoms with E-state index in [4.69, 9.17) is 4.74 Å². The molecule has 0 radical (unpaired) electrons. The van der Waals surface area contributed by atoms with Gasteiger partial charge in [0.25, 0.3) is 5.78 Å². The van der Waals surface area contributed by atoms with Crippen LogP contribution in [0.25, 0.3) is 11.1 Å². The summed E-state index contributed by atoms with van der Waals surface area (Å²) in [5.74, 6) is -1.40. The van der Waals surface area contributed by atoms with E-state index in [1.165, 1.54) is 0 Å². The van der Waals surface area contributed by atoms with Crippen molar-refractivity contribution in [2.75, 3.05) is 6.61 Å². The number of rotatable bonds is 4. The Bertz CT molecular complexity index is 630. The minimum Gasteiger partial charge on any atom is -0.460 e. The van der Waals surface area contributed by atoms with E-state index in [1.54, 1.807) is 19.1 Å². The van der Waals surface area contributed by atoms with Gasteiger partial charge in [-0.1, -0.05) is 48.5 Å². The number of hydrogen-bond donors (Lipinski definition) is 0. The summed E-state index contributed by atoms with van der Waals surface area (Å²) in [5, 5.41) is 0. The summed E-state index contributed by atoms with van der Waals surface area (Å²) < 4.78 is 4.77. The first-order valence-electron chi connectivity index (χ1n) is 6.51. The Hall–Kier alpha value is -2.42. The summed E-state index contributed by atoms with van der Waals surface area (Å²) in [6, 6.07) is 15.1. The van der Waals surface area contributed by atoms with E-state index in [-0.39, 0.29) is 6.61 Å². The van der Waals surface area contributed by atoms with Crippen molar-refractivity contribution in [1.82, 2.24) is 0 Å². The predicted octanol–water partition coefficient (Wildman–Crippen LogP) is 3.41. The molecule has 0 aliphatic rings. The molecule has 3 heteroatoms. The number of hydrogen-bond acceptors (Lipinski definition) is 3. The smallest absolute Gasteiger partial charge is 0.379 e. The number of ether oxygens (including phenoxy) is 1. The number of carbonyl (C=O) groups excluding carboxylic acids is 2. The van der Waals surface area contributed by atoms with E-state index in [0.29, 0.717) is 5.56 Å². The third-order valence-electron chi connectivity index (χ3n) is 3.12. The number of esters is 1. The van der Waals surface area contributed by atoms with Gasteiger partial charge in [0.05, 0.1) is 6.61 Å². The van der Waals surface area contributed by atoms with E-state index >= 15 is 0 Å². The second-order valence-electron chi connectivity index (χ2n) is 4.39. The zero-order valence-electron chi connectivity index (χ0n) is 11.6. The predicted molar refractivity (Wildman–Crippen MR) is 77.6 cm³/mol. The number of carbonyl (C=O) groups is 2. The maximum Gasteiger partial charge on any atom is 0.379 e. The summed E-state index contributed by atoms with van der Waals surface area (Å²) in [7, 11) is 0. The molecule has 0 amide bonds. The van der Waals surface area contributed by atoms with Crippen molar-refractivity contribution in [3.8, 4) is 11.1 Å². The molecule has 0 saturated carbocycles. The van der Waals surface area contributed by atoms with Crippen LogP contribution in [0, 0.1) is 6.92 Å². The molecule has 2 aromatic rings. The zero-order chi connectivity index (χ0) is 14.5. The first-order chi connectivity index (χ1) is 9.65. The fraction of sp³-hybridized carbons (Fsp3) is 0.176. The Morgan fingerprint density at radius 1 is 1.00 bits per heavy atom. The molecular formula is C17H16O3. The van der Waals surface area contributed by atoms with Crippen LogP contribution in [0.5, 0.6) is 0 Å². The van der Waals surface area contributed by atoms with Crippen LogP contribution in [0.3, 0.4) is 0 Å². The first-order valence-corrected chi connectivity index (χ1v) is 6.51. The molecule has 0 saturated heterocycles. The first kappa shape index (κ1) is 14.0. The van der Waals surface area contributed by atoms with Crippen LogP contribution in [0.2, 0.25) is 0 Å². The fourth-order valence-corrected chi connectivity index (χ4v) is 2.12. The average molecular weight is 268 g/mol. The van der Waals surface area contributed by atoms with Crippen LogP contribution in [-0.4, -0.2) is 18.4 Å². The van der Waals surface area contributed by atoms with Gasteiger partial charge in [0.2, 0.25) is 0 Å². The van der Waals surface area contributed by atoms with Crippen LogP contribution in [-0.2, 0) is 9.53 Å². The van der Waals surface area contributed by atoms with E-state index < -0.39 is 11.8 Å². The molecule has 3 nitrogen and oxygen atoms in total. The molecule has 0 bridgehead atoms. The highest BCUT2D eigenvalue weighted by Gasteiger charge is 2.20. The van der Waals surface area contributed by atoms with Crippen molar-refractivity contribution >= 4 is 11.8 Å². The molecule has 0 atom stereocenters. The topological polar surface area (TPSA) is 43.4 Å². The molecule has 0 aromatic heterocycles. The molecule has 2 rings (SSSR count). The fourth-order valence-electron chi connectivity index (χ4n) is 2.12. The quantitative estimate of drug-likeness (QED) is 0.485. The van der Waals surface area contributed by atoms with Crippen molar-refractivity contribution in [2.24, 2.45) is 0 Å². The minimum absolute atomic E-state index is 0.196. The largest absolute Gasteiger partial charge is 0.460 e. The SMILES string of the molecule is CCOC(=O)C(=O)c1cccc(-c2ccccc2)c1C. The second-order valence-corrected chi connectivity index (χ2v) is 4.39. The maximum absolute atomic E-state index is 12.1. The lowest BCUT2D eigenvalue weighted by molar-refractivity contribution is -0.137. The Morgan fingerprint density at radius 3 is 2.35 bits per heavy atom. The molecule has 0 fully saturated rings. The van der Waals surface area contributed by atoms with Crippen LogP contribution < -0.4 is 0 Å². The molecule has 0 aliphatic heterocycles. The van der Waals surface area contributed by atoms with Gasteiger partial charge in [0, 0.05) is 5.56 Å². The summed E-state index contributed by atoms with van der Waals surface area (Å²) in [6.07, 6.45) is 0. The Kier molecular flexibility index (Phi) is 4.31. The minimum atomic E-state index is -0.805. The van der Waals surface area contributed by atoms with Crippen molar-refractivity contribution in [3.05, 3.63) is 59.7 Å². The van der Waals surface area contributed by atoms with E-state index in [1.807, 2.05) is 43.3 Å². The molecule has 0 heterocycles. The van der Waals surface area contributed by atoms with Gasteiger partial charge in [0.1, 0.15) is 0 Å². The molecule has 20 heavy (non-hydrogen) atoms. The van der Waals surface area contributed by atoms with Crippen molar-refractivity contribution in [2.45, 2.75) is 13.8 Å². The molecule has 0 aliphatic carbocycles. The van der Waals surface area contributed by atoms with Crippen molar-refractivity contribution in [1.29, 1.82) is 0 Å². The zero-order valence-corrected chi connectivity index (χ0v) is 11.6. The average Bonchev–Trinajstić information content (AvgIpc) is 2.48. The maximum atomic E-state index is 12.1. The molecule has 0 N–H and O–H groups in total. The summed E-state index contributed by atoms with van der Waals surface area (Å²) in [5.41, 5.74) is 3.14. The van der Waals surface area contributed by atoms with Gasteiger partial charge >= 0.3 is 5.97 Å². The Morgan fingerprint density at radius 2 is 1.70 bits per heavy atom. The number of Topliss-reactive ketones (excluding diaryl/α,β-unsaturated/α-hetero) is 1. The lowest BCUT2D eigenvalue weighted by Crippen LogP contribution is -2.18. The summed E-state index contributed by atoms with van der Waals surface area (Å²) in [4.78, 5) is 23.6. The molecule has 0 unspecified atom stereocenters. The highest BCUT2D eigenvalue weighted by molar-refractivity contribution is 6.41.